The predicted molar refractivity (Wildman–Crippen MR) is 50.2 cm³/mol. The first-order valence-electron chi connectivity index (χ1n) is 3.77. The molecule has 1 unspecified atom stereocenters. The number of aryl methyl sites for hydroxylation is 1. The maximum atomic E-state index is 8.79. The summed E-state index contributed by atoms with van der Waals surface area (Å²) < 4.78 is 0. The molecule has 0 saturated carbocycles. The lowest BCUT2D eigenvalue weighted by Crippen LogP contribution is -2.14. The van der Waals surface area contributed by atoms with E-state index in [-0.39, 0.29) is 12.6 Å². The summed E-state index contributed by atoms with van der Waals surface area (Å²) in [5.41, 5.74) is 7.52. The molecule has 0 amide bonds. The van der Waals surface area contributed by atoms with E-state index >= 15 is 0 Å². The lowest BCUT2D eigenvalue weighted by Gasteiger charge is -2.09. The van der Waals surface area contributed by atoms with Gasteiger partial charge in [0.15, 0.2) is 0 Å². The first-order chi connectivity index (χ1) is 5.65. The second-order valence-electron chi connectivity index (χ2n) is 2.80. The molecule has 0 aliphatic rings. The molecule has 1 aromatic carbocycles. The van der Waals surface area contributed by atoms with Crippen LogP contribution in [0.25, 0.3) is 0 Å². The van der Waals surface area contributed by atoms with Crippen LogP contribution in [0.5, 0.6) is 0 Å². The largest absolute Gasteiger partial charge is 0.394 e. The van der Waals surface area contributed by atoms with Crippen LogP contribution in [-0.4, -0.2) is 11.7 Å². The van der Waals surface area contributed by atoms with Crippen LogP contribution in [0.3, 0.4) is 0 Å². The highest BCUT2D eigenvalue weighted by Gasteiger charge is 2.04. The van der Waals surface area contributed by atoms with Crippen molar-refractivity contribution in [2.45, 2.75) is 13.0 Å². The molecule has 12 heavy (non-hydrogen) atoms. The van der Waals surface area contributed by atoms with Gasteiger partial charge in [0.2, 0.25) is 0 Å². The van der Waals surface area contributed by atoms with Crippen molar-refractivity contribution in [1.29, 1.82) is 0 Å². The highest BCUT2D eigenvalue weighted by molar-refractivity contribution is 6.31. The fourth-order valence-corrected chi connectivity index (χ4v) is 1.12. The van der Waals surface area contributed by atoms with Gasteiger partial charge in [-0.2, -0.15) is 0 Å². The Hall–Kier alpha value is -0.570. The smallest absolute Gasteiger partial charge is 0.0624 e. The molecule has 0 aromatic heterocycles. The van der Waals surface area contributed by atoms with Crippen LogP contribution in [0.1, 0.15) is 17.2 Å². The molecule has 0 fully saturated rings. The molecule has 0 spiro atoms. The zero-order chi connectivity index (χ0) is 9.14. The number of aliphatic hydroxyl groups excluding tert-OH is 1. The number of rotatable bonds is 2. The topological polar surface area (TPSA) is 46.2 Å². The summed E-state index contributed by atoms with van der Waals surface area (Å²) in [5, 5.41) is 9.52. The lowest BCUT2D eigenvalue weighted by molar-refractivity contribution is 0.268. The van der Waals surface area contributed by atoms with Gasteiger partial charge in [-0.3, -0.25) is 0 Å². The summed E-state index contributed by atoms with van der Waals surface area (Å²) >= 11 is 5.83. The van der Waals surface area contributed by atoms with Crippen LogP contribution in [-0.2, 0) is 0 Å². The minimum Gasteiger partial charge on any atom is -0.394 e. The minimum atomic E-state index is -0.305. The molecule has 1 atom stereocenters. The van der Waals surface area contributed by atoms with Crippen molar-refractivity contribution in [1.82, 2.24) is 0 Å². The Labute approximate surface area is 77.0 Å². The molecule has 0 radical (unpaired) electrons. The molecule has 66 valence electrons. The van der Waals surface area contributed by atoms with Gasteiger partial charge in [-0.1, -0.05) is 23.7 Å². The predicted octanol–water partition coefficient (Wildman–Crippen LogP) is 1.64. The van der Waals surface area contributed by atoms with Gasteiger partial charge in [0.05, 0.1) is 12.6 Å². The Balaban J connectivity index is 2.96. The molecule has 0 bridgehead atoms. The van der Waals surface area contributed by atoms with Crippen molar-refractivity contribution in [2.75, 3.05) is 6.61 Å². The molecular formula is C9H12ClNO. The Morgan fingerprint density at radius 3 is 2.75 bits per heavy atom. The van der Waals surface area contributed by atoms with Gasteiger partial charge in [-0.15, -0.1) is 0 Å². The number of nitrogens with two attached hydrogens (primary N) is 1. The maximum absolute atomic E-state index is 8.79. The molecule has 2 nitrogen and oxygen atoms in total. The molecular weight excluding hydrogens is 174 g/mol. The van der Waals surface area contributed by atoms with Gasteiger partial charge < -0.3 is 10.8 Å². The fraction of sp³-hybridized carbons (Fsp3) is 0.333. The minimum absolute atomic E-state index is 0.0406. The molecule has 0 saturated heterocycles. The normalized spacial score (nSPS) is 13.0. The summed E-state index contributed by atoms with van der Waals surface area (Å²) in [6, 6.07) is 5.21. The van der Waals surface area contributed by atoms with E-state index in [4.69, 9.17) is 22.4 Å². The number of hydrogen-bond donors (Lipinski definition) is 2. The highest BCUT2D eigenvalue weighted by atomic mass is 35.5. The Morgan fingerprint density at radius 2 is 2.25 bits per heavy atom. The van der Waals surface area contributed by atoms with E-state index in [1.54, 1.807) is 6.07 Å². The second kappa shape index (κ2) is 3.90. The fourth-order valence-electron chi connectivity index (χ4n) is 1.00. The second-order valence-corrected chi connectivity index (χ2v) is 3.20. The summed E-state index contributed by atoms with van der Waals surface area (Å²) in [6.45, 7) is 1.87. The third-order valence-electron chi connectivity index (χ3n) is 1.81. The monoisotopic (exact) mass is 185 g/mol. The van der Waals surface area contributed by atoms with Crippen molar-refractivity contribution < 1.29 is 5.11 Å². The van der Waals surface area contributed by atoms with Gasteiger partial charge in [-0.05, 0) is 24.1 Å². The Bertz CT molecular complexity index is 275. The van der Waals surface area contributed by atoms with E-state index in [0.29, 0.717) is 0 Å². The third kappa shape index (κ3) is 1.97. The van der Waals surface area contributed by atoms with Crippen molar-refractivity contribution in [3.8, 4) is 0 Å². The molecule has 1 aromatic rings. The van der Waals surface area contributed by atoms with Crippen molar-refractivity contribution >= 4 is 11.6 Å². The molecule has 0 aliphatic heterocycles. The van der Waals surface area contributed by atoms with E-state index in [1.165, 1.54) is 0 Å². The summed E-state index contributed by atoms with van der Waals surface area (Å²) in [5.74, 6) is 0. The van der Waals surface area contributed by atoms with E-state index in [1.807, 2.05) is 19.1 Å². The SMILES string of the molecule is Cc1cc(C(N)CO)ccc1Cl. The number of aliphatic hydroxyl groups is 1. The average molecular weight is 186 g/mol. The van der Waals surface area contributed by atoms with Crippen molar-refractivity contribution in [2.24, 2.45) is 5.73 Å². The van der Waals surface area contributed by atoms with Gasteiger partial charge in [-0.25, -0.2) is 0 Å². The van der Waals surface area contributed by atoms with Crippen LogP contribution >= 0.6 is 11.6 Å². The van der Waals surface area contributed by atoms with E-state index in [9.17, 15) is 0 Å². The lowest BCUT2D eigenvalue weighted by atomic mass is 10.1. The average Bonchev–Trinajstić information content (AvgIpc) is 2.08. The molecule has 0 heterocycles. The zero-order valence-electron chi connectivity index (χ0n) is 6.92. The van der Waals surface area contributed by atoms with Crippen molar-refractivity contribution in [3.63, 3.8) is 0 Å². The molecule has 3 N–H and O–H groups in total. The summed E-state index contributed by atoms with van der Waals surface area (Å²) in [4.78, 5) is 0. The van der Waals surface area contributed by atoms with E-state index in [0.717, 1.165) is 16.1 Å². The van der Waals surface area contributed by atoms with E-state index in [2.05, 4.69) is 0 Å². The number of halogens is 1. The van der Waals surface area contributed by atoms with Gasteiger partial charge in [0, 0.05) is 5.02 Å². The van der Waals surface area contributed by atoms with Crippen molar-refractivity contribution in [3.05, 3.63) is 34.3 Å². The first-order valence-corrected chi connectivity index (χ1v) is 4.15. The van der Waals surface area contributed by atoms with Crippen LogP contribution < -0.4 is 5.73 Å². The quantitative estimate of drug-likeness (QED) is 0.736. The Morgan fingerprint density at radius 1 is 1.58 bits per heavy atom. The van der Waals surface area contributed by atoms with Gasteiger partial charge >= 0.3 is 0 Å². The molecule has 0 aliphatic carbocycles. The zero-order valence-corrected chi connectivity index (χ0v) is 7.67. The highest BCUT2D eigenvalue weighted by Crippen LogP contribution is 2.19. The first kappa shape index (κ1) is 9.52. The van der Waals surface area contributed by atoms with Crippen LogP contribution in [0.15, 0.2) is 18.2 Å². The Kier molecular flexibility index (Phi) is 3.09. The van der Waals surface area contributed by atoms with Gasteiger partial charge in [0.25, 0.3) is 0 Å². The van der Waals surface area contributed by atoms with Crippen LogP contribution in [0.4, 0.5) is 0 Å². The third-order valence-corrected chi connectivity index (χ3v) is 2.23. The van der Waals surface area contributed by atoms with E-state index < -0.39 is 0 Å². The summed E-state index contributed by atoms with van der Waals surface area (Å²) in [6.07, 6.45) is 0. The molecule has 3 heteroatoms. The van der Waals surface area contributed by atoms with Gasteiger partial charge in [0.1, 0.15) is 0 Å². The number of hydrogen-bond acceptors (Lipinski definition) is 2. The molecule has 1 rings (SSSR count). The summed E-state index contributed by atoms with van der Waals surface area (Å²) in [7, 11) is 0. The van der Waals surface area contributed by atoms with Crippen LogP contribution in [0, 0.1) is 6.92 Å². The maximum Gasteiger partial charge on any atom is 0.0624 e. The number of benzene rings is 1. The van der Waals surface area contributed by atoms with Crippen LogP contribution in [0.2, 0.25) is 5.02 Å². The standard InChI is InChI=1S/C9H12ClNO/c1-6-4-7(9(11)5-12)2-3-8(6)10/h2-4,9,12H,5,11H2,1H3.